The number of likely N-dealkylation sites (tertiary alicyclic amines) is 1. The third-order valence-corrected chi connectivity index (χ3v) is 6.43. The van der Waals surface area contributed by atoms with Crippen LogP contribution in [0.1, 0.15) is 58.6 Å². The average Bonchev–Trinajstić information content (AvgIpc) is 3.08. The number of fused-ring (bicyclic) bond motifs is 1. The molecule has 3 heterocycles. The van der Waals surface area contributed by atoms with E-state index in [1.165, 1.54) is 6.42 Å². The Morgan fingerprint density at radius 2 is 1.79 bits per heavy atom. The van der Waals surface area contributed by atoms with Gasteiger partial charge in [0, 0.05) is 23.5 Å². The van der Waals surface area contributed by atoms with Crippen molar-refractivity contribution in [1.82, 2.24) is 14.5 Å². The van der Waals surface area contributed by atoms with E-state index in [-0.39, 0.29) is 24.6 Å². The second-order valence-electron chi connectivity index (χ2n) is 8.71. The molecule has 1 aliphatic heterocycles. The van der Waals surface area contributed by atoms with Crippen molar-refractivity contribution >= 4 is 35.2 Å². The molecule has 0 spiro atoms. The van der Waals surface area contributed by atoms with E-state index in [0.29, 0.717) is 29.6 Å². The van der Waals surface area contributed by atoms with E-state index in [0.717, 1.165) is 54.1 Å². The molecule has 1 aliphatic rings. The Bertz CT molecular complexity index is 1250. The Morgan fingerprint density at radius 3 is 2.41 bits per heavy atom. The molecule has 34 heavy (non-hydrogen) atoms. The largest absolute Gasteiger partial charge is 0.481 e. The van der Waals surface area contributed by atoms with Gasteiger partial charge in [0.15, 0.2) is 5.78 Å². The summed E-state index contributed by atoms with van der Waals surface area (Å²) in [6, 6.07) is 11.3. The molecule has 0 atom stereocenters. The fraction of sp³-hybridized carbons (Fsp3) is 0.385. The Labute approximate surface area is 205 Å². The molecule has 8 heteroatoms. The smallest absolute Gasteiger partial charge is 0.303 e. The zero-order valence-corrected chi connectivity index (χ0v) is 20.3. The molecule has 1 aromatic carbocycles. The van der Waals surface area contributed by atoms with Crippen LogP contribution in [0, 0.1) is 25.2 Å². The van der Waals surface area contributed by atoms with Crippen LogP contribution in [-0.4, -0.2) is 50.9 Å². The summed E-state index contributed by atoms with van der Waals surface area (Å²) in [6.07, 6.45) is 3.83. The lowest BCUT2D eigenvalue weighted by atomic mass is 10.0. The maximum atomic E-state index is 13.5. The Kier molecular flexibility index (Phi) is 8.08. The van der Waals surface area contributed by atoms with Gasteiger partial charge in [-0.1, -0.05) is 6.42 Å². The number of carboxylic acids is 1. The van der Waals surface area contributed by atoms with Gasteiger partial charge >= 0.3 is 5.97 Å². The van der Waals surface area contributed by atoms with Crippen LogP contribution in [0.25, 0.3) is 16.7 Å². The maximum Gasteiger partial charge on any atom is 0.303 e. The standard InChI is InChI=1S/C26H28N4O3.ClH/c1-17-20(8-11-24(32)33)14-22-26(28-17)25(23(31)16-29-12-4-3-5-13-29)18(2)30(22)21-9-6-19(15-27)7-10-21;/h6-7,9-10,14H,3-5,8,11-13,16H2,1-2H3,(H,32,33);1H. The fourth-order valence-electron chi connectivity index (χ4n) is 4.70. The highest BCUT2D eigenvalue weighted by atomic mass is 35.5. The second kappa shape index (κ2) is 10.8. The first-order valence-corrected chi connectivity index (χ1v) is 11.4. The third-order valence-electron chi connectivity index (χ3n) is 6.43. The van der Waals surface area contributed by atoms with Crippen molar-refractivity contribution in [2.45, 2.75) is 46.0 Å². The van der Waals surface area contributed by atoms with E-state index in [9.17, 15) is 9.59 Å². The summed E-state index contributed by atoms with van der Waals surface area (Å²) in [7, 11) is 0. The lowest BCUT2D eigenvalue weighted by molar-refractivity contribution is -0.136. The number of aryl methyl sites for hydroxylation is 2. The highest BCUT2D eigenvalue weighted by Crippen LogP contribution is 2.31. The first-order chi connectivity index (χ1) is 15.9. The number of halogens is 1. The van der Waals surface area contributed by atoms with Gasteiger partial charge in [-0.3, -0.25) is 19.5 Å². The number of piperidine rings is 1. The summed E-state index contributed by atoms with van der Waals surface area (Å²) in [6.45, 7) is 6.03. The predicted octanol–water partition coefficient (Wildman–Crippen LogP) is 4.62. The molecule has 2 aromatic heterocycles. The van der Waals surface area contributed by atoms with E-state index < -0.39 is 5.97 Å². The molecule has 3 aromatic rings. The molecule has 178 valence electrons. The summed E-state index contributed by atoms with van der Waals surface area (Å²) in [5.41, 5.74) is 5.85. The number of aliphatic carboxylic acids is 1. The monoisotopic (exact) mass is 480 g/mol. The van der Waals surface area contributed by atoms with E-state index >= 15 is 0 Å². The number of pyridine rings is 1. The Morgan fingerprint density at radius 1 is 1.12 bits per heavy atom. The zero-order valence-electron chi connectivity index (χ0n) is 19.5. The lowest BCUT2D eigenvalue weighted by Gasteiger charge is -2.25. The van der Waals surface area contributed by atoms with E-state index in [1.54, 1.807) is 12.1 Å². The topological polar surface area (TPSA) is 99.2 Å². The van der Waals surface area contributed by atoms with Crippen molar-refractivity contribution < 1.29 is 14.7 Å². The van der Waals surface area contributed by atoms with Gasteiger partial charge in [-0.2, -0.15) is 5.26 Å². The number of Topliss-reactive ketones (excluding diaryl/α,β-unsaturated/α-hetero) is 1. The fourth-order valence-corrected chi connectivity index (χ4v) is 4.70. The van der Waals surface area contributed by atoms with Gasteiger partial charge in [-0.25, -0.2) is 0 Å². The number of benzene rings is 1. The number of carboxylic acid groups (broad SMARTS) is 1. The van der Waals surface area contributed by atoms with Crippen LogP contribution >= 0.6 is 12.4 Å². The summed E-state index contributed by atoms with van der Waals surface area (Å²) < 4.78 is 2.00. The molecule has 1 fully saturated rings. The van der Waals surface area contributed by atoms with Crippen molar-refractivity contribution in [3.63, 3.8) is 0 Å². The van der Waals surface area contributed by atoms with Gasteiger partial charge in [-0.05, 0) is 82.1 Å². The first-order valence-electron chi connectivity index (χ1n) is 11.4. The van der Waals surface area contributed by atoms with Gasteiger partial charge in [0.1, 0.15) is 0 Å². The molecule has 1 N–H and O–H groups in total. The van der Waals surface area contributed by atoms with E-state index in [2.05, 4.69) is 11.0 Å². The minimum absolute atomic E-state index is 0. The first kappa shape index (κ1) is 25.4. The van der Waals surface area contributed by atoms with E-state index in [1.807, 2.05) is 36.6 Å². The summed E-state index contributed by atoms with van der Waals surface area (Å²) >= 11 is 0. The van der Waals surface area contributed by atoms with Gasteiger partial charge in [-0.15, -0.1) is 12.4 Å². The van der Waals surface area contributed by atoms with Crippen LogP contribution < -0.4 is 0 Å². The number of ketones is 1. The Balaban J connectivity index is 0.00000324. The van der Waals surface area contributed by atoms with Gasteiger partial charge in [0.05, 0.1) is 34.8 Å². The zero-order chi connectivity index (χ0) is 23.5. The molecular formula is C26H29ClN4O3. The molecule has 0 radical (unpaired) electrons. The second-order valence-corrected chi connectivity index (χ2v) is 8.71. The number of nitrogens with zero attached hydrogens (tertiary/aromatic N) is 4. The van der Waals surface area contributed by atoms with E-state index in [4.69, 9.17) is 15.4 Å². The maximum absolute atomic E-state index is 13.5. The van der Waals surface area contributed by atoms with Crippen molar-refractivity contribution in [3.05, 3.63) is 58.4 Å². The van der Waals surface area contributed by atoms with Crippen molar-refractivity contribution in [2.24, 2.45) is 0 Å². The summed E-state index contributed by atoms with van der Waals surface area (Å²) in [5, 5.41) is 18.3. The number of rotatable bonds is 7. The molecule has 0 unspecified atom stereocenters. The number of hydrogen-bond donors (Lipinski definition) is 1. The minimum atomic E-state index is -0.856. The van der Waals surface area contributed by atoms with Gasteiger partial charge < -0.3 is 9.67 Å². The molecule has 0 saturated carbocycles. The van der Waals surface area contributed by atoms with Crippen LogP contribution in [0.3, 0.4) is 0 Å². The molecule has 4 rings (SSSR count). The molecule has 1 saturated heterocycles. The van der Waals surface area contributed by atoms with Crippen molar-refractivity contribution in [1.29, 1.82) is 5.26 Å². The molecule has 0 bridgehead atoms. The third kappa shape index (κ3) is 5.14. The highest BCUT2D eigenvalue weighted by molar-refractivity contribution is 6.09. The van der Waals surface area contributed by atoms with Crippen LogP contribution in [-0.2, 0) is 11.2 Å². The Hall–Kier alpha value is -3.21. The van der Waals surface area contributed by atoms with Crippen molar-refractivity contribution in [2.75, 3.05) is 19.6 Å². The average molecular weight is 481 g/mol. The molecule has 0 aliphatic carbocycles. The van der Waals surface area contributed by atoms with Crippen LogP contribution in [0.5, 0.6) is 0 Å². The number of hydrogen-bond acceptors (Lipinski definition) is 5. The SMILES string of the molecule is Cc1nc2c(C(=O)CN3CCCCC3)c(C)n(-c3ccc(C#N)cc3)c2cc1CCC(=O)O.Cl. The number of carbonyl (C=O) groups excluding carboxylic acids is 1. The normalized spacial score (nSPS) is 13.9. The van der Waals surface area contributed by atoms with Crippen LogP contribution in [0.15, 0.2) is 30.3 Å². The number of carbonyl (C=O) groups is 2. The summed E-state index contributed by atoms with van der Waals surface area (Å²) in [4.78, 5) is 31.6. The molecule has 7 nitrogen and oxygen atoms in total. The number of nitriles is 1. The molecular weight excluding hydrogens is 452 g/mol. The lowest BCUT2D eigenvalue weighted by Crippen LogP contribution is -2.34. The minimum Gasteiger partial charge on any atom is -0.481 e. The van der Waals surface area contributed by atoms with Crippen molar-refractivity contribution in [3.8, 4) is 11.8 Å². The summed E-state index contributed by atoms with van der Waals surface area (Å²) in [5.74, 6) is -0.803. The quantitative estimate of drug-likeness (QED) is 0.495. The van der Waals surface area contributed by atoms with Crippen LogP contribution in [0.2, 0.25) is 0 Å². The van der Waals surface area contributed by atoms with Gasteiger partial charge in [0.2, 0.25) is 0 Å². The number of aromatic nitrogens is 2. The van der Waals surface area contributed by atoms with Crippen LogP contribution in [0.4, 0.5) is 0 Å². The van der Waals surface area contributed by atoms with Gasteiger partial charge in [0.25, 0.3) is 0 Å². The highest BCUT2D eigenvalue weighted by Gasteiger charge is 2.25. The molecule has 0 amide bonds. The predicted molar refractivity (Wildman–Crippen MR) is 133 cm³/mol.